The average molecular weight is 431 g/mol. The van der Waals surface area contributed by atoms with Crippen molar-refractivity contribution < 1.29 is 8.81 Å². The maximum Gasteiger partial charge on any atom is 0.205 e. The van der Waals surface area contributed by atoms with Crippen LogP contribution < -0.4 is 0 Å². The summed E-state index contributed by atoms with van der Waals surface area (Å²) in [5.74, 6) is 2.38. The summed E-state index contributed by atoms with van der Waals surface area (Å²) in [5.41, 5.74) is 2.95. The number of oxazole rings is 1. The number of thioether (sulfide) groups is 1. The van der Waals surface area contributed by atoms with Crippen molar-refractivity contribution in [3.05, 3.63) is 72.6 Å². The Bertz CT molecular complexity index is 1370. The number of fused-ring (bicyclic) bond motifs is 1. The van der Waals surface area contributed by atoms with E-state index in [-0.39, 0.29) is 5.82 Å². The lowest BCUT2D eigenvalue weighted by atomic mass is 10.1. The molecule has 0 bridgehead atoms. The number of nitrogens with one attached hydrogen (secondary N) is 1. The van der Waals surface area contributed by atoms with Gasteiger partial charge in [0.15, 0.2) is 16.7 Å². The Hall–Kier alpha value is -3.39. The minimum atomic E-state index is -0.274. The number of hydrogen-bond acceptors (Lipinski definition) is 5. The number of aromatic nitrogens is 5. The van der Waals surface area contributed by atoms with Gasteiger partial charge in [-0.15, -0.1) is 10.2 Å². The van der Waals surface area contributed by atoms with Crippen molar-refractivity contribution >= 4 is 22.7 Å². The second-order valence-electron chi connectivity index (χ2n) is 7.57. The molecule has 1 aliphatic carbocycles. The lowest BCUT2D eigenvalue weighted by molar-refractivity contribution is 0.529. The standard InChI is InChI=1S/C23H18FN5OS/c24-15-7-5-14(6-8-15)20-12-26-21(30-20)13-31-23-28-27-22(29(23)16-9-10-16)18-11-25-19-4-2-1-3-17(18)19/h1-8,11-12,16,25H,9-10,13H2. The maximum atomic E-state index is 13.1. The molecule has 2 aromatic carbocycles. The second-order valence-corrected chi connectivity index (χ2v) is 8.51. The SMILES string of the molecule is Fc1ccc(-c2cnc(CSc3nnc(-c4c[nH]c5ccccc45)n3C3CC3)o2)cc1. The molecule has 0 amide bonds. The molecule has 0 unspecified atom stereocenters. The molecule has 0 atom stereocenters. The van der Waals surface area contributed by atoms with Crippen LogP contribution in [0.4, 0.5) is 4.39 Å². The Balaban J connectivity index is 1.26. The fourth-order valence-electron chi connectivity index (χ4n) is 3.73. The van der Waals surface area contributed by atoms with Gasteiger partial charge in [0, 0.05) is 34.3 Å². The van der Waals surface area contributed by atoms with Crippen LogP contribution in [0.1, 0.15) is 24.8 Å². The van der Waals surface area contributed by atoms with Crippen molar-refractivity contribution in [2.75, 3.05) is 0 Å². The maximum absolute atomic E-state index is 13.1. The average Bonchev–Trinajstić information content (AvgIpc) is 3.20. The quantitative estimate of drug-likeness (QED) is 0.342. The molecule has 31 heavy (non-hydrogen) atoms. The topological polar surface area (TPSA) is 72.5 Å². The number of H-pyrrole nitrogens is 1. The van der Waals surface area contributed by atoms with E-state index in [0.29, 0.717) is 23.4 Å². The van der Waals surface area contributed by atoms with Gasteiger partial charge < -0.3 is 9.40 Å². The smallest absolute Gasteiger partial charge is 0.205 e. The Kier molecular flexibility index (Phi) is 4.38. The molecule has 1 saturated carbocycles. The minimum absolute atomic E-state index is 0.274. The fraction of sp³-hybridized carbons (Fsp3) is 0.174. The van der Waals surface area contributed by atoms with E-state index >= 15 is 0 Å². The molecule has 6 nitrogen and oxygen atoms in total. The zero-order valence-corrected chi connectivity index (χ0v) is 17.3. The molecule has 154 valence electrons. The van der Waals surface area contributed by atoms with Gasteiger partial charge in [-0.2, -0.15) is 0 Å². The molecule has 0 spiro atoms. The van der Waals surface area contributed by atoms with Crippen molar-refractivity contribution in [1.29, 1.82) is 0 Å². The van der Waals surface area contributed by atoms with Crippen molar-refractivity contribution in [3.8, 4) is 22.7 Å². The third kappa shape index (κ3) is 3.42. The molecule has 3 aromatic heterocycles. The third-order valence-electron chi connectivity index (χ3n) is 5.41. The summed E-state index contributed by atoms with van der Waals surface area (Å²) in [6.07, 6.45) is 5.94. The van der Waals surface area contributed by atoms with E-state index in [1.165, 1.54) is 12.1 Å². The molecule has 5 aromatic rings. The summed E-state index contributed by atoms with van der Waals surface area (Å²) in [4.78, 5) is 7.70. The van der Waals surface area contributed by atoms with Crippen molar-refractivity contribution in [1.82, 2.24) is 24.7 Å². The normalized spacial score (nSPS) is 13.8. The van der Waals surface area contributed by atoms with Crippen LogP contribution in [-0.4, -0.2) is 24.7 Å². The van der Waals surface area contributed by atoms with Crippen LogP contribution in [0, 0.1) is 5.82 Å². The fourth-order valence-corrected chi connectivity index (χ4v) is 4.59. The number of aromatic amines is 1. The van der Waals surface area contributed by atoms with Crippen LogP contribution >= 0.6 is 11.8 Å². The molecule has 8 heteroatoms. The molecule has 0 aliphatic heterocycles. The van der Waals surface area contributed by atoms with Gasteiger partial charge in [0.25, 0.3) is 0 Å². The highest BCUT2D eigenvalue weighted by molar-refractivity contribution is 7.98. The zero-order valence-electron chi connectivity index (χ0n) is 16.5. The van der Waals surface area contributed by atoms with Gasteiger partial charge in [0.1, 0.15) is 5.82 Å². The molecule has 3 heterocycles. The van der Waals surface area contributed by atoms with Gasteiger partial charge in [-0.05, 0) is 43.2 Å². The summed E-state index contributed by atoms with van der Waals surface area (Å²) in [6, 6.07) is 14.8. The van der Waals surface area contributed by atoms with Crippen LogP contribution in [-0.2, 0) is 5.75 Å². The van der Waals surface area contributed by atoms with Crippen LogP contribution in [0.25, 0.3) is 33.6 Å². The summed E-state index contributed by atoms with van der Waals surface area (Å²) >= 11 is 1.57. The molecular formula is C23H18FN5OS. The Morgan fingerprint density at radius 1 is 1.10 bits per heavy atom. The van der Waals surface area contributed by atoms with Crippen molar-refractivity contribution in [2.24, 2.45) is 0 Å². The van der Waals surface area contributed by atoms with Crippen LogP contribution in [0.15, 0.2) is 70.5 Å². The molecule has 1 fully saturated rings. The Morgan fingerprint density at radius 2 is 1.94 bits per heavy atom. The molecule has 0 radical (unpaired) electrons. The number of para-hydroxylation sites is 1. The van der Waals surface area contributed by atoms with E-state index in [9.17, 15) is 4.39 Å². The molecule has 6 rings (SSSR count). The van der Waals surface area contributed by atoms with E-state index < -0.39 is 0 Å². The summed E-state index contributed by atoms with van der Waals surface area (Å²) in [6.45, 7) is 0. The van der Waals surface area contributed by atoms with Gasteiger partial charge >= 0.3 is 0 Å². The van der Waals surface area contributed by atoms with Crippen molar-refractivity contribution in [2.45, 2.75) is 29.8 Å². The molecular weight excluding hydrogens is 413 g/mol. The number of nitrogens with zero attached hydrogens (tertiary/aromatic N) is 4. The third-order valence-corrected chi connectivity index (χ3v) is 6.34. The van der Waals surface area contributed by atoms with Gasteiger partial charge in [-0.25, -0.2) is 9.37 Å². The van der Waals surface area contributed by atoms with Crippen LogP contribution in [0.5, 0.6) is 0 Å². The first-order valence-corrected chi connectivity index (χ1v) is 11.1. The number of halogens is 1. The molecule has 1 aliphatic rings. The van der Waals surface area contributed by atoms with Crippen molar-refractivity contribution in [3.63, 3.8) is 0 Å². The highest BCUT2D eigenvalue weighted by Crippen LogP contribution is 2.42. The second kappa shape index (κ2) is 7.39. The van der Waals surface area contributed by atoms with Gasteiger partial charge in [0.05, 0.1) is 11.9 Å². The zero-order chi connectivity index (χ0) is 20.8. The molecule has 1 N–H and O–H groups in total. The predicted octanol–water partition coefficient (Wildman–Crippen LogP) is 5.85. The van der Waals surface area contributed by atoms with Gasteiger partial charge in [0.2, 0.25) is 5.89 Å². The Labute approximate surface area is 181 Å². The van der Waals surface area contributed by atoms with Crippen LogP contribution in [0.3, 0.4) is 0 Å². The highest BCUT2D eigenvalue weighted by Gasteiger charge is 2.31. The highest BCUT2D eigenvalue weighted by atomic mass is 32.2. The van der Waals surface area contributed by atoms with Crippen LogP contribution in [0.2, 0.25) is 0 Å². The first kappa shape index (κ1) is 18.4. The monoisotopic (exact) mass is 431 g/mol. The number of hydrogen-bond donors (Lipinski definition) is 1. The van der Waals surface area contributed by atoms with Gasteiger partial charge in [-0.1, -0.05) is 30.0 Å². The first-order valence-electron chi connectivity index (χ1n) is 10.1. The number of rotatable bonds is 6. The summed E-state index contributed by atoms with van der Waals surface area (Å²) in [7, 11) is 0. The van der Waals surface area contributed by atoms with E-state index in [1.54, 1.807) is 30.1 Å². The Morgan fingerprint density at radius 3 is 2.77 bits per heavy atom. The summed E-state index contributed by atoms with van der Waals surface area (Å²) < 4.78 is 21.3. The predicted molar refractivity (Wildman–Crippen MR) is 117 cm³/mol. The minimum Gasteiger partial charge on any atom is -0.440 e. The van der Waals surface area contributed by atoms with E-state index in [1.807, 2.05) is 18.3 Å². The largest absolute Gasteiger partial charge is 0.440 e. The van der Waals surface area contributed by atoms with E-state index in [2.05, 4.69) is 36.9 Å². The lowest BCUT2D eigenvalue weighted by Crippen LogP contribution is -1.99. The summed E-state index contributed by atoms with van der Waals surface area (Å²) in [5, 5.41) is 11.0. The van der Waals surface area contributed by atoms with E-state index in [4.69, 9.17) is 4.42 Å². The van der Waals surface area contributed by atoms with E-state index in [0.717, 1.165) is 45.9 Å². The lowest BCUT2D eigenvalue weighted by Gasteiger charge is -2.07. The first-order chi connectivity index (χ1) is 15.3. The molecule has 0 saturated heterocycles. The van der Waals surface area contributed by atoms with Gasteiger partial charge in [-0.3, -0.25) is 4.57 Å². The number of benzene rings is 2.